The number of likely N-dealkylation sites (tertiary alicyclic amines) is 1. The van der Waals surface area contributed by atoms with Crippen LogP contribution in [0, 0.1) is 5.92 Å². The summed E-state index contributed by atoms with van der Waals surface area (Å²) in [6.07, 6.45) is 7.69. The molecule has 3 aromatic rings. The van der Waals surface area contributed by atoms with Gasteiger partial charge in [0, 0.05) is 49.8 Å². The summed E-state index contributed by atoms with van der Waals surface area (Å²) in [7, 11) is 0. The molecule has 1 saturated heterocycles. The van der Waals surface area contributed by atoms with Gasteiger partial charge >= 0.3 is 0 Å². The van der Waals surface area contributed by atoms with Gasteiger partial charge in [-0.15, -0.1) is 0 Å². The molecule has 158 valence electrons. The van der Waals surface area contributed by atoms with Crippen molar-refractivity contribution in [3.05, 3.63) is 53.9 Å². The first-order valence-electron chi connectivity index (χ1n) is 10.9. The minimum atomic E-state index is 0.167. The Kier molecular flexibility index (Phi) is 6.28. The van der Waals surface area contributed by atoms with Crippen molar-refractivity contribution in [3.63, 3.8) is 0 Å². The predicted molar refractivity (Wildman–Crippen MR) is 120 cm³/mol. The van der Waals surface area contributed by atoms with Gasteiger partial charge in [0.05, 0.1) is 0 Å². The summed E-state index contributed by atoms with van der Waals surface area (Å²) in [4.78, 5) is 18.4. The molecule has 1 aromatic carbocycles. The number of fused-ring (bicyclic) bond motifs is 1. The summed E-state index contributed by atoms with van der Waals surface area (Å²) in [6, 6.07) is 12.0. The maximum absolute atomic E-state index is 12.2. The van der Waals surface area contributed by atoms with Crippen LogP contribution in [0.2, 0.25) is 5.15 Å². The zero-order valence-corrected chi connectivity index (χ0v) is 18.3. The lowest BCUT2D eigenvalue weighted by atomic mass is 10.1. The van der Waals surface area contributed by atoms with Crippen molar-refractivity contribution in [3.8, 4) is 16.9 Å². The number of aromatic nitrogens is 2. The van der Waals surface area contributed by atoms with E-state index < -0.39 is 0 Å². The van der Waals surface area contributed by atoms with E-state index in [-0.39, 0.29) is 6.10 Å². The van der Waals surface area contributed by atoms with Crippen molar-refractivity contribution in [1.82, 2.24) is 14.3 Å². The summed E-state index contributed by atoms with van der Waals surface area (Å²) in [5, 5.41) is 0.649. The molecule has 2 aromatic heterocycles. The second-order valence-corrected chi connectivity index (χ2v) is 7.99. The molecule has 30 heavy (non-hydrogen) atoms. The molecule has 0 atom stereocenters. The molecular weight excluding hydrogens is 398 g/mol. The highest BCUT2D eigenvalue weighted by molar-refractivity contribution is 6.32. The van der Waals surface area contributed by atoms with Crippen molar-refractivity contribution in [2.75, 3.05) is 13.1 Å². The quantitative estimate of drug-likeness (QED) is 0.521. The first kappa shape index (κ1) is 20.7. The van der Waals surface area contributed by atoms with Crippen LogP contribution in [0.15, 0.2) is 48.8 Å². The van der Waals surface area contributed by atoms with Gasteiger partial charge in [0.15, 0.2) is 0 Å². The molecule has 1 aliphatic heterocycles. The minimum absolute atomic E-state index is 0.167. The van der Waals surface area contributed by atoms with Crippen molar-refractivity contribution in [2.24, 2.45) is 5.92 Å². The number of carbonyl (C=O) groups excluding carboxylic acids is 1. The molecule has 1 amide bonds. The van der Waals surface area contributed by atoms with Gasteiger partial charge in [-0.2, -0.15) is 0 Å². The fourth-order valence-electron chi connectivity index (χ4n) is 3.86. The Hall–Kier alpha value is -2.53. The number of rotatable bonds is 4. The molecule has 0 bridgehead atoms. The lowest BCUT2D eigenvalue weighted by molar-refractivity contribution is -0.134. The van der Waals surface area contributed by atoms with E-state index in [0.29, 0.717) is 17.0 Å². The molecular formula is C24H28ClN3O2. The molecule has 5 rings (SSSR count). The summed E-state index contributed by atoms with van der Waals surface area (Å²) in [6.45, 7) is 5.61. The Morgan fingerprint density at radius 2 is 1.73 bits per heavy atom. The monoisotopic (exact) mass is 425 g/mol. The van der Waals surface area contributed by atoms with Crippen LogP contribution in [0.3, 0.4) is 0 Å². The van der Waals surface area contributed by atoms with Crippen LogP contribution in [-0.2, 0) is 4.79 Å². The first-order chi connectivity index (χ1) is 14.7. The van der Waals surface area contributed by atoms with Crippen molar-refractivity contribution >= 4 is 23.2 Å². The van der Waals surface area contributed by atoms with E-state index in [1.807, 2.05) is 65.7 Å². The van der Waals surface area contributed by atoms with Crippen LogP contribution in [0.4, 0.5) is 0 Å². The molecule has 1 aliphatic carbocycles. The average Bonchev–Trinajstić information content (AvgIpc) is 3.53. The van der Waals surface area contributed by atoms with Crippen LogP contribution >= 0.6 is 11.6 Å². The number of piperidine rings is 1. The smallest absolute Gasteiger partial charge is 0.225 e. The molecule has 6 heteroatoms. The van der Waals surface area contributed by atoms with Gasteiger partial charge in [-0.25, -0.2) is 4.98 Å². The molecule has 0 radical (unpaired) electrons. The van der Waals surface area contributed by atoms with E-state index >= 15 is 0 Å². The number of pyridine rings is 1. The summed E-state index contributed by atoms with van der Waals surface area (Å²) < 4.78 is 8.03. The number of halogens is 1. The van der Waals surface area contributed by atoms with Gasteiger partial charge in [0.1, 0.15) is 22.7 Å². The number of carbonyl (C=O) groups is 1. The second kappa shape index (κ2) is 9.09. The van der Waals surface area contributed by atoms with Crippen LogP contribution in [0.1, 0.15) is 39.5 Å². The average molecular weight is 426 g/mol. The van der Waals surface area contributed by atoms with Crippen LogP contribution in [0.5, 0.6) is 5.75 Å². The highest BCUT2D eigenvalue weighted by Gasteiger charge is 2.35. The van der Waals surface area contributed by atoms with E-state index in [1.165, 1.54) is 0 Å². The largest absolute Gasteiger partial charge is 0.490 e. The van der Waals surface area contributed by atoms with Crippen LogP contribution in [-0.4, -0.2) is 39.4 Å². The molecule has 3 heterocycles. The molecule has 0 unspecified atom stereocenters. The Morgan fingerprint density at radius 3 is 2.40 bits per heavy atom. The highest BCUT2D eigenvalue weighted by Crippen LogP contribution is 2.33. The lowest BCUT2D eigenvalue weighted by Crippen LogP contribution is -2.42. The number of benzene rings is 1. The molecule has 1 saturated carbocycles. The number of imidazole rings is 1. The van der Waals surface area contributed by atoms with Gasteiger partial charge in [-0.05, 0) is 42.7 Å². The van der Waals surface area contributed by atoms with Crippen LogP contribution < -0.4 is 4.74 Å². The zero-order chi connectivity index (χ0) is 21.1. The fourth-order valence-corrected chi connectivity index (χ4v) is 4.18. The van der Waals surface area contributed by atoms with Crippen molar-refractivity contribution in [2.45, 2.75) is 45.6 Å². The van der Waals surface area contributed by atoms with E-state index in [1.54, 1.807) is 6.20 Å². The molecule has 2 aliphatic rings. The predicted octanol–water partition coefficient (Wildman–Crippen LogP) is 5.46. The maximum atomic E-state index is 12.2. The summed E-state index contributed by atoms with van der Waals surface area (Å²) >= 11 is 6.54. The summed E-state index contributed by atoms with van der Waals surface area (Å²) in [5.74, 6) is 1.50. The summed E-state index contributed by atoms with van der Waals surface area (Å²) in [5.41, 5.74) is 2.84. The third-order valence-corrected chi connectivity index (χ3v) is 6.04. The minimum Gasteiger partial charge on any atom is -0.490 e. The number of ether oxygens (including phenoxy) is 1. The number of hydrogen-bond donors (Lipinski definition) is 0. The highest BCUT2D eigenvalue weighted by atomic mass is 35.5. The van der Waals surface area contributed by atoms with Crippen molar-refractivity contribution < 1.29 is 9.53 Å². The van der Waals surface area contributed by atoms with E-state index in [2.05, 4.69) is 4.98 Å². The molecule has 0 N–H and O–H groups in total. The Labute approximate surface area is 182 Å². The van der Waals surface area contributed by atoms with Crippen LogP contribution in [0.25, 0.3) is 16.8 Å². The third-order valence-electron chi connectivity index (χ3n) is 5.65. The van der Waals surface area contributed by atoms with E-state index in [0.717, 1.165) is 61.3 Å². The first-order valence-corrected chi connectivity index (χ1v) is 11.2. The maximum Gasteiger partial charge on any atom is 0.225 e. The Morgan fingerprint density at radius 1 is 1.03 bits per heavy atom. The molecule has 5 nitrogen and oxygen atoms in total. The molecule has 2 fully saturated rings. The Balaban J connectivity index is 0.00000106. The van der Waals surface area contributed by atoms with Gasteiger partial charge in [-0.3, -0.25) is 9.20 Å². The van der Waals surface area contributed by atoms with Gasteiger partial charge < -0.3 is 9.64 Å². The van der Waals surface area contributed by atoms with Gasteiger partial charge in [-0.1, -0.05) is 37.6 Å². The lowest BCUT2D eigenvalue weighted by Gasteiger charge is -2.32. The van der Waals surface area contributed by atoms with Crippen molar-refractivity contribution in [1.29, 1.82) is 0 Å². The third kappa shape index (κ3) is 4.31. The van der Waals surface area contributed by atoms with Gasteiger partial charge in [0.2, 0.25) is 5.91 Å². The zero-order valence-electron chi connectivity index (χ0n) is 17.6. The second-order valence-electron chi connectivity index (χ2n) is 7.63. The van der Waals surface area contributed by atoms with Gasteiger partial charge in [0.25, 0.3) is 0 Å². The number of nitrogens with zero attached hydrogens (tertiary/aromatic N) is 3. The standard InChI is InChI=1S/C22H22ClN3O2.C2H6/c23-21-19(7-8-20-24-11-14-26(20)21)15-3-5-17(6-4-15)28-18-9-12-25(13-10-18)22(27)16-1-2-16;1-2/h3-8,11,14,16,18H,1-2,9-10,12-13H2;1-2H3. The fraction of sp³-hybridized carbons (Fsp3) is 0.417. The van der Waals surface area contributed by atoms with E-state index in [9.17, 15) is 4.79 Å². The van der Waals surface area contributed by atoms with E-state index in [4.69, 9.17) is 16.3 Å². The normalized spacial score (nSPS) is 16.8. The Bertz CT molecular complexity index is 1000. The number of hydrogen-bond acceptors (Lipinski definition) is 3. The molecule has 0 spiro atoms. The SMILES string of the molecule is CC.O=C(C1CC1)N1CCC(Oc2ccc(-c3ccc4nccn4c3Cl)cc2)CC1. The topological polar surface area (TPSA) is 46.8 Å². The number of amides is 1.